The minimum Gasteiger partial charge on any atom is -0.458 e. The van der Waals surface area contributed by atoms with Gasteiger partial charge in [-0.15, -0.1) is 0 Å². The van der Waals surface area contributed by atoms with Gasteiger partial charge in [-0.1, -0.05) is 18.2 Å². The molecular weight excluding hydrogens is 254 g/mol. The highest BCUT2D eigenvalue weighted by Crippen LogP contribution is 2.23. The molecule has 0 aliphatic carbocycles. The Morgan fingerprint density at radius 1 is 1.20 bits per heavy atom. The second-order valence-electron chi connectivity index (χ2n) is 6.06. The molecule has 0 N–H and O–H groups in total. The van der Waals surface area contributed by atoms with Crippen LogP contribution in [0.15, 0.2) is 30.3 Å². The van der Waals surface area contributed by atoms with Crippen LogP contribution in [0, 0.1) is 0 Å². The minimum absolute atomic E-state index is 0.0982. The number of esters is 1. The molecule has 0 saturated carbocycles. The first kappa shape index (κ1) is 14.6. The molecule has 2 rings (SSSR count). The molecule has 1 fully saturated rings. The van der Waals surface area contributed by atoms with Crippen molar-refractivity contribution in [2.24, 2.45) is 0 Å². The maximum atomic E-state index is 12.4. The number of amides is 1. The number of benzene rings is 1. The molecule has 1 aromatic rings. The topological polar surface area (TPSA) is 46.6 Å². The van der Waals surface area contributed by atoms with Crippen LogP contribution in [0.1, 0.15) is 44.0 Å². The minimum atomic E-state index is -0.527. The van der Waals surface area contributed by atoms with Gasteiger partial charge in [-0.2, -0.15) is 0 Å². The van der Waals surface area contributed by atoms with Crippen LogP contribution >= 0.6 is 0 Å². The first-order chi connectivity index (χ1) is 9.38. The first-order valence-electron chi connectivity index (χ1n) is 6.97. The van der Waals surface area contributed by atoms with Crippen LogP contribution < -0.4 is 0 Å². The van der Waals surface area contributed by atoms with Gasteiger partial charge >= 0.3 is 5.97 Å². The van der Waals surface area contributed by atoms with E-state index in [1.165, 1.54) is 0 Å². The van der Waals surface area contributed by atoms with Crippen molar-refractivity contribution in [1.82, 2.24) is 4.90 Å². The number of likely N-dealkylation sites (tertiary alicyclic amines) is 1. The van der Waals surface area contributed by atoms with Crippen molar-refractivity contribution < 1.29 is 14.3 Å². The molecule has 1 amide bonds. The first-order valence-corrected chi connectivity index (χ1v) is 6.97. The Balaban J connectivity index is 2.11. The molecule has 108 valence electrons. The monoisotopic (exact) mass is 275 g/mol. The Hall–Kier alpha value is -1.84. The summed E-state index contributed by atoms with van der Waals surface area (Å²) in [4.78, 5) is 26.3. The number of hydrogen-bond acceptors (Lipinski definition) is 3. The SMILES string of the molecule is CC(C)(C)OC(=O)[C@@H]1CCCN1C(=O)c1ccccc1. The average molecular weight is 275 g/mol. The van der Waals surface area contributed by atoms with Crippen LogP contribution in [-0.4, -0.2) is 35.0 Å². The predicted octanol–water partition coefficient (Wildman–Crippen LogP) is 2.63. The number of carbonyl (C=O) groups excluding carboxylic acids is 2. The summed E-state index contributed by atoms with van der Waals surface area (Å²) in [6, 6.07) is 8.60. The molecule has 1 atom stereocenters. The lowest BCUT2D eigenvalue weighted by atomic mass is 10.1. The third-order valence-corrected chi connectivity index (χ3v) is 3.21. The van der Waals surface area contributed by atoms with Crippen molar-refractivity contribution in [2.75, 3.05) is 6.54 Å². The Morgan fingerprint density at radius 3 is 2.45 bits per heavy atom. The van der Waals surface area contributed by atoms with Gasteiger partial charge in [-0.3, -0.25) is 4.79 Å². The number of carbonyl (C=O) groups is 2. The second-order valence-corrected chi connectivity index (χ2v) is 6.06. The van der Waals surface area contributed by atoms with Crippen LogP contribution in [0.4, 0.5) is 0 Å². The molecule has 20 heavy (non-hydrogen) atoms. The third-order valence-electron chi connectivity index (χ3n) is 3.21. The van der Waals surface area contributed by atoms with Gasteiger partial charge in [0.25, 0.3) is 5.91 Å². The molecule has 1 aliphatic heterocycles. The van der Waals surface area contributed by atoms with E-state index < -0.39 is 11.6 Å². The fraction of sp³-hybridized carbons (Fsp3) is 0.500. The molecule has 1 heterocycles. The highest BCUT2D eigenvalue weighted by Gasteiger charge is 2.37. The van der Waals surface area contributed by atoms with Crippen molar-refractivity contribution in [3.8, 4) is 0 Å². The number of nitrogens with zero attached hydrogens (tertiary/aromatic N) is 1. The van der Waals surface area contributed by atoms with Crippen LogP contribution in [0.5, 0.6) is 0 Å². The zero-order chi connectivity index (χ0) is 14.8. The van der Waals surface area contributed by atoms with E-state index in [0.717, 1.165) is 6.42 Å². The van der Waals surface area contributed by atoms with Gasteiger partial charge in [0.2, 0.25) is 0 Å². The number of ether oxygens (including phenoxy) is 1. The zero-order valence-electron chi connectivity index (χ0n) is 12.3. The van der Waals surface area contributed by atoms with Gasteiger partial charge in [-0.25, -0.2) is 4.79 Å². The van der Waals surface area contributed by atoms with Gasteiger partial charge < -0.3 is 9.64 Å². The molecular formula is C16H21NO3. The van der Waals surface area contributed by atoms with Gasteiger partial charge in [-0.05, 0) is 45.7 Å². The van der Waals surface area contributed by atoms with Crippen LogP contribution in [0.3, 0.4) is 0 Å². The van der Waals surface area contributed by atoms with Crippen molar-refractivity contribution in [1.29, 1.82) is 0 Å². The summed E-state index contributed by atoms with van der Waals surface area (Å²) in [6.45, 7) is 6.12. The van der Waals surface area contributed by atoms with Gasteiger partial charge in [0.05, 0.1) is 0 Å². The summed E-state index contributed by atoms with van der Waals surface area (Å²) in [5.41, 5.74) is 0.0872. The Kier molecular flexibility index (Phi) is 4.12. The highest BCUT2D eigenvalue weighted by atomic mass is 16.6. The van der Waals surface area contributed by atoms with Crippen molar-refractivity contribution in [2.45, 2.75) is 45.3 Å². The van der Waals surface area contributed by atoms with E-state index in [2.05, 4.69) is 0 Å². The van der Waals surface area contributed by atoms with E-state index in [0.29, 0.717) is 18.5 Å². The Morgan fingerprint density at radius 2 is 1.85 bits per heavy atom. The summed E-state index contributed by atoms with van der Waals surface area (Å²) in [5.74, 6) is -0.404. The maximum absolute atomic E-state index is 12.4. The molecule has 0 bridgehead atoms. The molecule has 0 aromatic heterocycles. The number of rotatable bonds is 2. The summed E-state index contributed by atoms with van der Waals surface area (Å²) >= 11 is 0. The van der Waals surface area contributed by atoms with Crippen molar-refractivity contribution in [3.63, 3.8) is 0 Å². The summed E-state index contributed by atoms with van der Waals surface area (Å²) in [6.07, 6.45) is 1.51. The van der Waals surface area contributed by atoms with Crippen LogP contribution in [0.25, 0.3) is 0 Å². The maximum Gasteiger partial charge on any atom is 0.329 e. The van der Waals surface area contributed by atoms with Gasteiger partial charge in [0.1, 0.15) is 11.6 Å². The summed E-state index contributed by atoms with van der Waals surface area (Å²) < 4.78 is 5.41. The Labute approximate surface area is 119 Å². The van der Waals surface area contributed by atoms with E-state index in [1.54, 1.807) is 17.0 Å². The van der Waals surface area contributed by atoms with Crippen molar-refractivity contribution >= 4 is 11.9 Å². The van der Waals surface area contributed by atoms with E-state index in [9.17, 15) is 9.59 Å². The molecule has 4 nitrogen and oxygen atoms in total. The largest absolute Gasteiger partial charge is 0.458 e. The fourth-order valence-electron chi connectivity index (χ4n) is 2.37. The Bertz CT molecular complexity index is 490. The van der Waals surface area contributed by atoms with Crippen molar-refractivity contribution in [3.05, 3.63) is 35.9 Å². The standard InChI is InChI=1S/C16H21NO3/c1-16(2,3)20-15(19)13-10-7-11-17(13)14(18)12-8-5-4-6-9-12/h4-6,8-9,13H,7,10-11H2,1-3H3/t13-/m0/s1. The smallest absolute Gasteiger partial charge is 0.329 e. The van der Waals surface area contributed by atoms with Gasteiger partial charge in [0.15, 0.2) is 0 Å². The quantitative estimate of drug-likeness (QED) is 0.779. The van der Waals surface area contributed by atoms with Crippen LogP contribution in [0.2, 0.25) is 0 Å². The molecule has 1 saturated heterocycles. The molecule has 0 spiro atoms. The summed E-state index contributed by atoms with van der Waals surface area (Å²) in [7, 11) is 0. The number of hydrogen-bond donors (Lipinski definition) is 0. The molecule has 1 aliphatic rings. The third kappa shape index (κ3) is 3.38. The normalized spacial score (nSPS) is 18.9. The molecule has 1 aromatic carbocycles. The predicted molar refractivity (Wildman–Crippen MR) is 76.3 cm³/mol. The molecule has 0 radical (unpaired) electrons. The lowest BCUT2D eigenvalue weighted by molar-refractivity contribution is -0.159. The fourth-order valence-corrected chi connectivity index (χ4v) is 2.37. The van der Waals surface area contributed by atoms with Crippen LogP contribution in [-0.2, 0) is 9.53 Å². The highest BCUT2D eigenvalue weighted by molar-refractivity contribution is 5.97. The van der Waals surface area contributed by atoms with E-state index >= 15 is 0 Å². The van der Waals surface area contributed by atoms with E-state index in [-0.39, 0.29) is 11.9 Å². The van der Waals surface area contributed by atoms with E-state index in [4.69, 9.17) is 4.74 Å². The summed E-state index contributed by atoms with van der Waals surface area (Å²) in [5, 5.41) is 0. The van der Waals surface area contributed by atoms with E-state index in [1.807, 2.05) is 39.0 Å². The molecule has 4 heteroatoms. The lowest BCUT2D eigenvalue weighted by Gasteiger charge is -2.27. The lowest BCUT2D eigenvalue weighted by Crippen LogP contribution is -2.43. The zero-order valence-corrected chi connectivity index (χ0v) is 12.3. The van der Waals surface area contributed by atoms with Gasteiger partial charge in [0, 0.05) is 12.1 Å². The average Bonchev–Trinajstić information content (AvgIpc) is 2.86. The second kappa shape index (κ2) is 5.65. The molecule has 0 unspecified atom stereocenters.